The molecule has 2 rings (SSSR count). The van der Waals surface area contributed by atoms with Crippen LogP contribution in [0.1, 0.15) is 26.3 Å². The van der Waals surface area contributed by atoms with Crippen molar-refractivity contribution in [3.8, 4) is 12.1 Å². The van der Waals surface area contributed by atoms with E-state index in [0.717, 1.165) is 5.56 Å². The first-order valence-electron chi connectivity index (χ1n) is 6.74. The van der Waals surface area contributed by atoms with Crippen LogP contribution in [0.25, 0.3) is 5.31 Å². The zero-order valence-corrected chi connectivity index (χ0v) is 13.2. The summed E-state index contributed by atoms with van der Waals surface area (Å²) in [6.45, 7) is 5.36. The van der Waals surface area contributed by atoms with Crippen molar-refractivity contribution in [1.82, 2.24) is 0 Å². The van der Waals surface area contributed by atoms with E-state index in [4.69, 9.17) is 4.52 Å². The van der Waals surface area contributed by atoms with Crippen LogP contribution < -0.4 is 0 Å². The molecule has 1 heterocycles. The summed E-state index contributed by atoms with van der Waals surface area (Å²) in [6.07, 6.45) is 1.53. The molecule has 0 aliphatic carbocycles. The lowest BCUT2D eigenvalue weighted by molar-refractivity contribution is 0.310. The Morgan fingerprint density at radius 2 is 1.76 bits per heavy atom. The molecule has 1 aliphatic heterocycles. The van der Waals surface area contributed by atoms with Crippen LogP contribution in [0.15, 0.2) is 36.4 Å². The third kappa shape index (κ3) is 1.95. The van der Waals surface area contributed by atoms with Crippen molar-refractivity contribution in [2.45, 2.75) is 25.9 Å². The summed E-state index contributed by atoms with van der Waals surface area (Å²) in [7, 11) is -3.34. The van der Waals surface area contributed by atoms with Gasteiger partial charge in [-0.05, 0) is 32.4 Å². The van der Waals surface area contributed by atoms with Gasteiger partial charge in [0.2, 0.25) is 7.37 Å². The summed E-state index contributed by atoms with van der Waals surface area (Å²) in [5.41, 5.74) is -0.724. The lowest BCUT2D eigenvalue weighted by Gasteiger charge is -2.34. The van der Waals surface area contributed by atoms with Crippen LogP contribution in [0.5, 0.6) is 0 Å². The van der Waals surface area contributed by atoms with Crippen molar-refractivity contribution >= 4 is 12.7 Å². The van der Waals surface area contributed by atoms with Gasteiger partial charge in [-0.25, -0.2) is 0 Å². The van der Waals surface area contributed by atoms with Gasteiger partial charge in [-0.2, -0.15) is 10.5 Å². The van der Waals surface area contributed by atoms with Gasteiger partial charge in [-0.3, -0.25) is 4.57 Å². The molecule has 0 saturated heterocycles. The number of hydrogen-bond donors (Lipinski definition) is 0. The van der Waals surface area contributed by atoms with Gasteiger partial charge in [-0.15, -0.1) is 0 Å². The highest BCUT2D eigenvalue weighted by molar-refractivity contribution is 7.71. The van der Waals surface area contributed by atoms with E-state index in [0.29, 0.717) is 5.31 Å². The van der Waals surface area contributed by atoms with E-state index in [-0.39, 0.29) is 6.61 Å². The molecule has 0 saturated carbocycles. The Labute approximate surface area is 125 Å². The molecule has 108 valence electrons. The molecular weight excluding hydrogens is 283 g/mol. The number of rotatable bonds is 3. The van der Waals surface area contributed by atoms with Crippen molar-refractivity contribution in [3.63, 3.8) is 0 Å². The molecule has 0 amide bonds. The van der Waals surface area contributed by atoms with Crippen LogP contribution in [-0.2, 0) is 9.09 Å². The molecular formula is C16H17N2O2P. The number of benzene rings is 1. The molecule has 1 aromatic carbocycles. The normalized spacial score (nSPS) is 25.7. The Hall–Kier alpha value is -1.87. The molecule has 1 aromatic rings. The fourth-order valence-electron chi connectivity index (χ4n) is 2.64. The van der Waals surface area contributed by atoms with Crippen LogP contribution in [0, 0.1) is 28.1 Å². The van der Waals surface area contributed by atoms with Gasteiger partial charge in [0.15, 0.2) is 5.41 Å². The molecule has 1 atom stereocenters. The summed E-state index contributed by atoms with van der Waals surface area (Å²) < 4.78 is 19.2. The van der Waals surface area contributed by atoms with E-state index in [1.165, 1.54) is 6.08 Å². The highest BCUT2D eigenvalue weighted by atomic mass is 31.2. The third-order valence-corrected chi connectivity index (χ3v) is 7.57. The minimum absolute atomic E-state index is 0.262. The van der Waals surface area contributed by atoms with Crippen LogP contribution in [0.2, 0.25) is 0 Å². The summed E-state index contributed by atoms with van der Waals surface area (Å²) in [6, 6.07) is 13.2. The molecule has 0 N–H and O–H groups in total. The summed E-state index contributed by atoms with van der Waals surface area (Å²) >= 11 is 0. The first-order valence-corrected chi connectivity index (χ1v) is 8.37. The lowest BCUT2D eigenvalue weighted by Crippen LogP contribution is -2.36. The van der Waals surface area contributed by atoms with E-state index < -0.39 is 17.9 Å². The first-order chi connectivity index (χ1) is 9.88. The van der Waals surface area contributed by atoms with Crippen LogP contribution in [-0.4, -0.2) is 11.8 Å². The molecule has 4 nitrogen and oxygen atoms in total. The molecule has 0 bridgehead atoms. The smallest absolute Gasteiger partial charge is 0.240 e. The van der Waals surface area contributed by atoms with E-state index in [9.17, 15) is 15.1 Å². The highest BCUT2D eigenvalue weighted by Crippen LogP contribution is 2.77. The van der Waals surface area contributed by atoms with Gasteiger partial charge < -0.3 is 4.52 Å². The molecule has 0 aromatic heterocycles. The van der Waals surface area contributed by atoms with Gasteiger partial charge >= 0.3 is 0 Å². The maximum absolute atomic E-state index is 13.5. The summed E-state index contributed by atoms with van der Waals surface area (Å²) in [4.78, 5) is 0. The predicted octanol–water partition coefficient (Wildman–Crippen LogP) is 4.17. The minimum Gasteiger partial charge on any atom is -0.325 e. The topological polar surface area (TPSA) is 73.9 Å². The van der Waals surface area contributed by atoms with E-state index in [1.807, 2.05) is 42.5 Å². The standard InChI is InChI=1S/C16H17N2O2P/c1-4-20-21(19)14(13-8-6-5-7-9-13)10-16(11-17,12-18)15(21,2)3/h5-10H,4H2,1-3H3. The average Bonchev–Trinajstić information content (AvgIpc) is 2.66. The third-order valence-electron chi connectivity index (χ3n) is 4.10. The second-order valence-electron chi connectivity index (χ2n) is 5.46. The maximum atomic E-state index is 13.5. The minimum atomic E-state index is -3.34. The van der Waals surface area contributed by atoms with Crippen LogP contribution in [0.4, 0.5) is 0 Å². The van der Waals surface area contributed by atoms with Gasteiger partial charge in [0, 0.05) is 5.31 Å². The second-order valence-corrected chi connectivity index (χ2v) is 8.42. The molecule has 0 radical (unpaired) electrons. The zero-order chi connectivity index (χ0) is 15.7. The SMILES string of the molecule is CCOP1(=O)C(c2ccccc2)=CC(C#N)(C#N)C1(C)C. The number of allylic oxidation sites excluding steroid dienone is 1. The van der Waals surface area contributed by atoms with Gasteiger partial charge in [-0.1, -0.05) is 30.3 Å². The quantitative estimate of drug-likeness (QED) is 0.785. The van der Waals surface area contributed by atoms with Crippen LogP contribution in [0.3, 0.4) is 0 Å². The fourth-order valence-corrected chi connectivity index (χ4v) is 5.55. The van der Waals surface area contributed by atoms with Crippen molar-refractivity contribution in [3.05, 3.63) is 42.0 Å². The molecule has 0 spiro atoms. The highest BCUT2D eigenvalue weighted by Gasteiger charge is 2.64. The lowest BCUT2D eigenvalue weighted by atomic mass is 9.79. The largest absolute Gasteiger partial charge is 0.325 e. The van der Waals surface area contributed by atoms with Crippen molar-refractivity contribution < 1.29 is 9.09 Å². The summed E-state index contributed by atoms with van der Waals surface area (Å²) in [5.74, 6) is 0. The predicted molar refractivity (Wildman–Crippen MR) is 81.4 cm³/mol. The summed E-state index contributed by atoms with van der Waals surface area (Å²) in [5, 5.41) is 18.4. The Kier molecular flexibility index (Phi) is 3.81. The second kappa shape index (κ2) is 5.15. The van der Waals surface area contributed by atoms with Crippen molar-refractivity contribution in [1.29, 1.82) is 10.5 Å². The zero-order valence-electron chi connectivity index (χ0n) is 12.3. The molecule has 5 heteroatoms. The first kappa shape index (κ1) is 15.5. The Balaban J connectivity index is 2.76. The average molecular weight is 300 g/mol. The van der Waals surface area contributed by atoms with E-state index >= 15 is 0 Å². The molecule has 21 heavy (non-hydrogen) atoms. The number of nitriles is 2. The van der Waals surface area contributed by atoms with Crippen molar-refractivity contribution in [2.75, 3.05) is 6.61 Å². The Morgan fingerprint density at radius 1 is 1.19 bits per heavy atom. The maximum Gasteiger partial charge on any atom is 0.240 e. The fraction of sp³-hybridized carbons (Fsp3) is 0.375. The van der Waals surface area contributed by atoms with E-state index in [1.54, 1.807) is 20.8 Å². The Morgan fingerprint density at radius 3 is 2.24 bits per heavy atom. The number of nitrogens with zero attached hydrogens (tertiary/aromatic N) is 2. The van der Waals surface area contributed by atoms with Gasteiger partial charge in [0.25, 0.3) is 0 Å². The molecule has 0 fully saturated rings. The number of hydrogen-bond acceptors (Lipinski definition) is 4. The van der Waals surface area contributed by atoms with Gasteiger partial charge in [0.05, 0.1) is 23.9 Å². The Bertz CT molecular complexity index is 694. The van der Waals surface area contributed by atoms with Crippen molar-refractivity contribution in [2.24, 2.45) is 5.41 Å². The molecule has 1 unspecified atom stereocenters. The van der Waals surface area contributed by atoms with Crippen LogP contribution >= 0.6 is 7.37 Å². The monoisotopic (exact) mass is 300 g/mol. The van der Waals surface area contributed by atoms with E-state index in [2.05, 4.69) is 0 Å². The van der Waals surface area contributed by atoms with Gasteiger partial charge in [0.1, 0.15) is 0 Å². The molecule has 1 aliphatic rings.